The minimum atomic E-state index is -0.520. The summed E-state index contributed by atoms with van der Waals surface area (Å²) < 4.78 is 1.88. The number of nitrogens with zero attached hydrogens (tertiary/aromatic N) is 4. The number of carbonyl (C=O) groups excluding carboxylic acids is 1. The number of aromatic nitrogens is 3. The largest absolute Gasteiger partial charge is 0.320 e. The second-order valence-electron chi connectivity index (χ2n) is 4.32. The summed E-state index contributed by atoms with van der Waals surface area (Å²) in [6.45, 7) is 2.74. The number of amides is 1. The van der Waals surface area contributed by atoms with Crippen LogP contribution in [0.15, 0.2) is 35.7 Å². The third kappa shape index (κ3) is 4.04. The number of rotatable bonds is 7. The lowest BCUT2D eigenvalue weighted by molar-refractivity contribution is -0.383. The number of aryl methyl sites for hydroxylation is 1. The first-order chi connectivity index (χ1) is 10.6. The summed E-state index contributed by atoms with van der Waals surface area (Å²) in [6, 6.07) is 6.06. The average molecular weight is 321 g/mol. The van der Waals surface area contributed by atoms with Crippen molar-refractivity contribution < 1.29 is 9.72 Å². The molecule has 0 aliphatic heterocycles. The molecule has 1 aromatic heterocycles. The molecule has 0 radical (unpaired) electrons. The van der Waals surface area contributed by atoms with Gasteiger partial charge in [0.2, 0.25) is 5.91 Å². The van der Waals surface area contributed by atoms with Gasteiger partial charge in [0.1, 0.15) is 12.0 Å². The molecule has 8 nitrogen and oxygen atoms in total. The molecule has 0 spiro atoms. The highest BCUT2D eigenvalue weighted by atomic mass is 32.2. The monoisotopic (exact) mass is 321 g/mol. The number of benzene rings is 1. The Morgan fingerprint density at radius 2 is 2.23 bits per heavy atom. The Hall–Kier alpha value is -2.42. The van der Waals surface area contributed by atoms with Crippen LogP contribution < -0.4 is 5.32 Å². The lowest BCUT2D eigenvalue weighted by atomic mass is 10.2. The minimum absolute atomic E-state index is 0.116. The highest BCUT2D eigenvalue weighted by molar-refractivity contribution is 7.99. The number of nitrogens with one attached hydrogen (secondary N) is 1. The van der Waals surface area contributed by atoms with Crippen molar-refractivity contribution in [3.63, 3.8) is 0 Å². The van der Waals surface area contributed by atoms with Crippen LogP contribution in [0.3, 0.4) is 0 Å². The van der Waals surface area contributed by atoms with Gasteiger partial charge in [-0.05, 0) is 13.0 Å². The van der Waals surface area contributed by atoms with E-state index in [1.54, 1.807) is 18.5 Å². The summed E-state index contributed by atoms with van der Waals surface area (Å²) in [4.78, 5) is 22.2. The number of para-hydroxylation sites is 2. The van der Waals surface area contributed by atoms with Gasteiger partial charge in [-0.25, -0.2) is 0 Å². The van der Waals surface area contributed by atoms with Gasteiger partial charge in [0.25, 0.3) is 5.69 Å². The summed E-state index contributed by atoms with van der Waals surface area (Å²) in [5.74, 6) is 0.245. The molecule has 0 atom stereocenters. The molecule has 1 amide bonds. The van der Waals surface area contributed by atoms with E-state index >= 15 is 0 Å². The average Bonchev–Trinajstić information content (AvgIpc) is 2.95. The molecule has 0 aliphatic carbocycles. The molecule has 9 heteroatoms. The maximum Gasteiger partial charge on any atom is 0.292 e. The molecular weight excluding hydrogens is 306 g/mol. The SMILES string of the molecule is CCn1cnnc1SCCC(=O)Nc1ccccc1[N+](=O)[O-]. The van der Waals surface area contributed by atoms with Gasteiger partial charge < -0.3 is 9.88 Å². The van der Waals surface area contributed by atoms with E-state index in [1.807, 2.05) is 11.5 Å². The first-order valence-electron chi connectivity index (χ1n) is 6.65. The number of nitro groups is 1. The molecule has 1 aromatic carbocycles. The highest BCUT2D eigenvalue weighted by Gasteiger charge is 2.14. The van der Waals surface area contributed by atoms with Crippen molar-refractivity contribution in [1.29, 1.82) is 0 Å². The highest BCUT2D eigenvalue weighted by Crippen LogP contribution is 2.23. The van der Waals surface area contributed by atoms with E-state index in [1.165, 1.54) is 23.9 Å². The molecular formula is C13H15N5O3S. The van der Waals surface area contributed by atoms with Crippen LogP contribution in [-0.2, 0) is 11.3 Å². The van der Waals surface area contributed by atoms with E-state index in [0.29, 0.717) is 5.75 Å². The van der Waals surface area contributed by atoms with E-state index in [4.69, 9.17) is 0 Å². The fraction of sp³-hybridized carbons (Fsp3) is 0.308. The maximum atomic E-state index is 11.9. The van der Waals surface area contributed by atoms with Crippen LogP contribution in [0.25, 0.3) is 0 Å². The van der Waals surface area contributed by atoms with Gasteiger partial charge in [0.15, 0.2) is 5.16 Å². The second-order valence-corrected chi connectivity index (χ2v) is 5.38. The molecule has 0 aliphatic rings. The Morgan fingerprint density at radius 3 is 2.95 bits per heavy atom. The van der Waals surface area contributed by atoms with Crippen LogP contribution in [0.2, 0.25) is 0 Å². The predicted molar refractivity (Wildman–Crippen MR) is 82.8 cm³/mol. The van der Waals surface area contributed by atoms with E-state index in [-0.39, 0.29) is 23.7 Å². The number of hydrogen-bond donors (Lipinski definition) is 1. The zero-order valence-electron chi connectivity index (χ0n) is 11.9. The van der Waals surface area contributed by atoms with Crippen molar-refractivity contribution in [1.82, 2.24) is 14.8 Å². The Morgan fingerprint density at radius 1 is 1.45 bits per heavy atom. The fourth-order valence-corrected chi connectivity index (χ4v) is 2.68. The first-order valence-corrected chi connectivity index (χ1v) is 7.64. The van der Waals surface area contributed by atoms with Crippen LogP contribution in [0.4, 0.5) is 11.4 Å². The summed E-state index contributed by atoms with van der Waals surface area (Å²) in [7, 11) is 0. The molecule has 116 valence electrons. The van der Waals surface area contributed by atoms with Gasteiger partial charge in [0.05, 0.1) is 4.92 Å². The van der Waals surface area contributed by atoms with Crippen LogP contribution in [0, 0.1) is 10.1 Å². The first kappa shape index (κ1) is 16.0. The van der Waals surface area contributed by atoms with Crippen molar-refractivity contribution in [2.24, 2.45) is 0 Å². The van der Waals surface area contributed by atoms with Gasteiger partial charge in [-0.15, -0.1) is 10.2 Å². The smallest absolute Gasteiger partial charge is 0.292 e. The molecule has 0 bridgehead atoms. The predicted octanol–water partition coefficient (Wildman–Crippen LogP) is 2.33. The standard InChI is InChI=1S/C13H15N5O3S/c1-2-17-9-14-16-13(17)22-8-7-12(19)15-10-5-3-4-6-11(10)18(20)21/h3-6,9H,2,7-8H2,1H3,(H,15,19). The third-order valence-corrected chi connectivity index (χ3v) is 3.84. The summed E-state index contributed by atoms with van der Waals surface area (Å²) in [5, 5.41) is 22.0. The number of carbonyl (C=O) groups is 1. The van der Waals surface area contributed by atoms with Crippen molar-refractivity contribution in [3.05, 3.63) is 40.7 Å². The molecule has 0 unspecified atom stereocenters. The molecule has 1 heterocycles. The lowest BCUT2D eigenvalue weighted by Gasteiger charge is -2.06. The van der Waals surface area contributed by atoms with Gasteiger partial charge in [-0.2, -0.15) is 0 Å². The van der Waals surface area contributed by atoms with E-state index < -0.39 is 4.92 Å². The number of thioether (sulfide) groups is 1. The number of anilines is 1. The molecule has 22 heavy (non-hydrogen) atoms. The molecule has 0 saturated carbocycles. The number of hydrogen-bond acceptors (Lipinski definition) is 6. The van der Waals surface area contributed by atoms with Gasteiger partial charge in [-0.3, -0.25) is 14.9 Å². The van der Waals surface area contributed by atoms with Gasteiger partial charge >= 0.3 is 0 Å². The Labute approximate surface area is 131 Å². The maximum absolute atomic E-state index is 11.9. The van der Waals surface area contributed by atoms with E-state index in [0.717, 1.165) is 11.7 Å². The van der Waals surface area contributed by atoms with Gasteiger partial charge in [-0.1, -0.05) is 23.9 Å². The van der Waals surface area contributed by atoms with Crippen LogP contribution in [0.1, 0.15) is 13.3 Å². The van der Waals surface area contributed by atoms with Crippen molar-refractivity contribution in [2.45, 2.75) is 25.0 Å². The zero-order chi connectivity index (χ0) is 15.9. The molecule has 0 fully saturated rings. The lowest BCUT2D eigenvalue weighted by Crippen LogP contribution is -2.13. The Balaban J connectivity index is 1.87. The summed E-state index contributed by atoms with van der Waals surface area (Å²) in [5.41, 5.74) is 0.0912. The van der Waals surface area contributed by atoms with Crippen molar-refractivity contribution in [3.8, 4) is 0 Å². The van der Waals surface area contributed by atoms with Crippen LogP contribution >= 0.6 is 11.8 Å². The van der Waals surface area contributed by atoms with Crippen molar-refractivity contribution in [2.75, 3.05) is 11.1 Å². The van der Waals surface area contributed by atoms with E-state index in [9.17, 15) is 14.9 Å². The zero-order valence-corrected chi connectivity index (χ0v) is 12.7. The quantitative estimate of drug-likeness (QED) is 0.477. The Bertz CT molecular complexity index is 673. The number of nitro benzene ring substituents is 1. The second kappa shape index (κ2) is 7.55. The molecule has 2 rings (SSSR count). The molecule has 2 aromatic rings. The van der Waals surface area contributed by atoms with Crippen LogP contribution in [0.5, 0.6) is 0 Å². The van der Waals surface area contributed by atoms with E-state index in [2.05, 4.69) is 15.5 Å². The summed E-state index contributed by atoms with van der Waals surface area (Å²) in [6.07, 6.45) is 1.86. The van der Waals surface area contributed by atoms with Gasteiger partial charge in [0, 0.05) is 24.8 Å². The minimum Gasteiger partial charge on any atom is -0.320 e. The molecule has 0 saturated heterocycles. The Kier molecular flexibility index (Phi) is 5.48. The fourth-order valence-electron chi connectivity index (χ4n) is 1.76. The van der Waals surface area contributed by atoms with Crippen molar-refractivity contribution >= 4 is 29.0 Å². The third-order valence-electron chi connectivity index (χ3n) is 2.86. The van der Waals surface area contributed by atoms with Crippen LogP contribution in [-0.4, -0.2) is 31.3 Å². The summed E-state index contributed by atoms with van der Waals surface area (Å²) >= 11 is 1.42. The topological polar surface area (TPSA) is 103 Å². The molecule has 1 N–H and O–H groups in total. The normalized spacial score (nSPS) is 10.4.